The molecule has 1 aliphatic rings. The maximum atomic E-state index is 13.5. The second kappa shape index (κ2) is 4.93. The van der Waals surface area contributed by atoms with Crippen LogP contribution in [0.15, 0.2) is 24.3 Å². The second-order valence-electron chi connectivity index (χ2n) is 4.51. The Morgan fingerprint density at radius 3 is 2.75 bits per heavy atom. The average molecular weight is 223 g/mol. The Balaban J connectivity index is 2.03. The third-order valence-corrected chi connectivity index (χ3v) is 3.32. The normalized spacial score (nSPS) is 26.9. The zero-order chi connectivity index (χ0) is 11.5. The van der Waals surface area contributed by atoms with E-state index in [0.29, 0.717) is 5.56 Å². The van der Waals surface area contributed by atoms with Crippen molar-refractivity contribution < 1.29 is 9.50 Å². The van der Waals surface area contributed by atoms with E-state index in [1.807, 2.05) is 13.0 Å². The topological polar surface area (TPSA) is 32.3 Å². The number of halogens is 1. The molecule has 1 aromatic carbocycles. The van der Waals surface area contributed by atoms with Gasteiger partial charge in [-0.3, -0.25) is 0 Å². The summed E-state index contributed by atoms with van der Waals surface area (Å²) in [6.45, 7) is 1.93. The van der Waals surface area contributed by atoms with Gasteiger partial charge in [-0.25, -0.2) is 4.39 Å². The van der Waals surface area contributed by atoms with Gasteiger partial charge >= 0.3 is 0 Å². The van der Waals surface area contributed by atoms with Crippen molar-refractivity contribution in [1.82, 2.24) is 5.32 Å². The van der Waals surface area contributed by atoms with Crippen LogP contribution in [0.25, 0.3) is 0 Å². The van der Waals surface area contributed by atoms with E-state index in [1.165, 1.54) is 6.07 Å². The Labute approximate surface area is 95.5 Å². The number of benzene rings is 1. The minimum Gasteiger partial charge on any atom is -0.392 e. The number of hydrogen-bond acceptors (Lipinski definition) is 2. The molecule has 0 radical (unpaired) electrons. The number of aliphatic hydroxyl groups excluding tert-OH is 1. The van der Waals surface area contributed by atoms with E-state index in [4.69, 9.17) is 0 Å². The molecule has 3 heteroatoms. The van der Waals surface area contributed by atoms with Crippen molar-refractivity contribution in [3.8, 4) is 0 Å². The summed E-state index contributed by atoms with van der Waals surface area (Å²) >= 11 is 0. The molecular weight excluding hydrogens is 205 g/mol. The van der Waals surface area contributed by atoms with E-state index in [2.05, 4.69) is 5.32 Å². The Morgan fingerprint density at radius 2 is 2.12 bits per heavy atom. The summed E-state index contributed by atoms with van der Waals surface area (Å²) < 4.78 is 13.5. The molecule has 2 rings (SSSR count). The number of rotatable bonds is 3. The molecule has 3 unspecified atom stereocenters. The first-order chi connectivity index (χ1) is 7.68. The number of aliphatic hydroxyl groups is 1. The van der Waals surface area contributed by atoms with E-state index < -0.39 is 0 Å². The lowest BCUT2D eigenvalue weighted by Crippen LogP contribution is -2.37. The molecule has 0 aliphatic heterocycles. The van der Waals surface area contributed by atoms with Crippen LogP contribution < -0.4 is 5.32 Å². The predicted octanol–water partition coefficient (Wildman–Crippen LogP) is 2.39. The molecular formula is C13H18FNO. The molecule has 16 heavy (non-hydrogen) atoms. The van der Waals surface area contributed by atoms with E-state index in [-0.39, 0.29) is 24.0 Å². The zero-order valence-corrected chi connectivity index (χ0v) is 9.49. The molecule has 88 valence electrons. The Morgan fingerprint density at radius 1 is 1.38 bits per heavy atom. The third kappa shape index (κ3) is 2.42. The van der Waals surface area contributed by atoms with Crippen LogP contribution >= 0.6 is 0 Å². The van der Waals surface area contributed by atoms with Crippen LogP contribution in [0, 0.1) is 5.82 Å². The molecule has 1 saturated carbocycles. The molecule has 0 saturated heterocycles. The van der Waals surface area contributed by atoms with Gasteiger partial charge in [0.25, 0.3) is 0 Å². The van der Waals surface area contributed by atoms with Crippen molar-refractivity contribution in [1.29, 1.82) is 0 Å². The van der Waals surface area contributed by atoms with Gasteiger partial charge in [0.05, 0.1) is 6.10 Å². The summed E-state index contributed by atoms with van der Waals surface area (Å²) in [4.78, 5) is 0. The highest BCUT2D eigenvalue weighted by Crippen LogP contribution is 2.23. The Kier molecular flexibility index (Phi) is 3.56. The zero-order valence-electron chi connectivity index (χ0n) is 9.49. The molecule has 1 aliphatic carbocycles. The van der Waals surface area contributed by atoms with Gasteiger partial charge in [0.1, 0.15) is 5.82 Å². The lowest BCUT2D eigenvalue weighted by atomic mass is 10.1. The molecule has 0 spiro atoms. The van der Waals surface area contributed by atoms with Crippen LogP contribution in [0.3, 0.4) is 0 Å². The molecule has 0 aromatic heterocycles. The first-order valence-electron chi connectivity index (χ1n) is 5.87. The number of hydrogen-bond donors (Lipinski definition) is 2. The van der Waals surface area contributed by atoms with Gasteiger partial charge in [0, 0.05) is 17.6 Å². The van der Waals surface area contributed by atoms with Gasteiger partial charge in [-0.2, -0.15) is 0 Å². The standard InChI is InChI=1S/C13H18FNO/c1-9(10-5-2-3-6-11(10)14)15-12-7-4-8-13(12)16/h2-3,5-6,9,12-13,15-16H,4,7-8H2,1H3. The first kappa shape index (κ1) is 11.6. The van der Waals surface area contributed by atoms with Crippen molar-refractivity contribution in [2.24, 2.45) is 0 Å². The van der Waals surface area contributed by atoms with E-state index in [9.17, 15) is 9.50 Å². The minimum absolute atomic E-state index is 0.0565. The summed E-state index contributed by atoms with van der Waals surface area (Å²) in [7, 11) is 0. The molecule has 3 atom stereocenters. The smallest absolute Gasteiger partial charge is 0.127 e. The van der Waals surface area contributed by atoms with Gasteiger partial charge in [0.2, 0.25) is 0 Å². The molecule has 0 heterocycles. The predicted molar refractivity (Wildman–Crippen MR) is 61.6 cm³/mol. The van der Waals surface area contributed by atoms with Crippen molar-refractivity contribution >= 4 is 0 Å². The van der Waals surface area contributed by atoms with Crippen molar-refractivity contribution in [2.75, 3.05) is 0 Å². The highest BCUT2D eigenvalue weighted by Gasteiger charge is 2.26. The molecule has 1 fully saturated rings. The summed E-state index contributed by atoms with van der Waals surface area (Å²) in [6, 6.07) is 6.83. The molecule has 0 bridgehead atoms. The first-order valence-corrected chi connectivity index (χ1v) is 5.87. The molecule has 2 nitrogen and oxygen atoms in total. The van der Waals surface area contributed by atoms with Crippen molar-refractivity contribution in [2.45, 2.75) is 44.4 Å². The van der Waals surface area contributed by atoms with Gasteiger partial charge < -0.3 is 10.4 Å². The maximum Gasteiger partial charge on any atom is 0.127 e. The van der Waals surface area contributed by atoms with E-state index in [0.717, 1.165) is 19.3 Å². The average Bonchev–Trinajstić information content (AvgIpc) is 2.65. The maximum absolute atomic E-state index is 13.5. The van der Waals surface area contributed by atoms with Crippen LogP contribution in [0.2, 0.25) is 0 Å². The quantitative estimate of drug-likeness (QED) is 0.824. The SMILES string of the molecule is CC(NC1CCCC1O)c1ccccc1F. The van der Waals surface area contributed by atoms with Crippen molar-refractivity contribution in [3.05, 3.63) is 35.6 Å². The second-order valence-corrected chi connectivity index (χ2v) is 4.51. The molecule has 2 N–H and O–H groups in total. The summed E-state index contributed by atoms with van der Waals surface area (Å²) in [5, 5.41) is 13.0. The summed E-state index contributed by atoms with van der Waals surface area (Å²) in [6.07, 6.45) is 2.58. The van der Waals surface area contributed by atoms with Gasteiger partial charge in [0.15, 0.2) is 0 Å². The monoisotopic (exact) mass is 223 g/mol. The highest BCUT2D eigenvalue weighted by molar-refractivity contribution is 5.20. The highest BCUT2D eigenvalue weighted by atomic mass is 19.1. The van der Waals surface area contributed by atoms with Crippen molar-refractivity contribution in [3.63, 3.8) is 0 Å². The van der Waals surface area contributed by atoms with Crippen LogP contribution in [0.1, 0.15) is 37.8 Å². The van der Waals surface area contributed by atoms with Crippen LogP contribution in [0.5, 0.6) is 0 Å². The Bertz CT molecular complexity index is 356. The summed E-state index contributed by atoms with van der Waals surface area (Å²) in [5.74, 6) is -0.185. The lowest BCUT2D eigenvalue weighted by molar-refractivity contribution is 0.143. The minimum atomic E-state index is -0.283. The number of nitrogens with one attached hydrogen (secondary N) is 1. The largest absolute Gasteiger partial charge is 0.392 e. The van der Waals surface area contributed by atoms with Gasteiger partial charge in [-0.15, -0.1) is 0 Å². The van der Waals surface area contributed by atoms with Crippen LogP contribution in [0.4, 0.5) is 4.39 Å². The fraction of sp³-hybridized carbons (Fsp3) is 0.538. The van der Waals surface area contributed by atoms with Gasteiger partial charge in [-0.05, 0) is 32.3 Å². The fourth-order valence-electron chi connectivity index (χ4n) is 2.37. The van der Waals surface area contributed by atoms with Crippen LogP contribution in [-0.4, -0.2) is 17.3 Å². The summed E-state index contributed by atoms with van der Waals surface area (Å²) in [5.41, 5.74) is 0.668. The lowest BCUT2D eigenvalue weighted by Gasteiger charge is -2.22. The Hall–Kier alpha value is -0.930. The molecule has 1 aromatic rings. The fourth-order valence-corrected chi connectivity index (χ4v) is 2.37. The van der Waals surface area contributed by atoms with Crippen LogP contribution in [-0.2, 0) is 0 Å². The van der Waals surface area contributed by atoms with E-state index in [1.54, 1.807) is 12.1 Å². The van der Waals surface area contributed by atoms with Gasteiger partial charge in [-0.1, -0.05) is 18.2 Å². The van der Waals surface area contributed by atoms with E-state index >= 15 is 0 Å². The molecule has 0 amide bonds. The third-order valence-electron chi connectivity index (χ3n) is 3.32.